The number of aromatic nitrogens is 2. The molecule has 0 spiro atoms. The Bertz CT molecular complexity index is 823. The van der Waals surface area contributed by atoms with Crippen molar-refractivity contribution >= 4 is 11.6 Å². The van der Waals surface area contributed by atoms with E-state index in [1.54, 1.807) is 6.20 Å². The summed E-state index contributed by atoms with van der Waals surface area (Å²) in [6.45, 7) is 11.7. The molecular weight excluding hydrogens is 406 g/mol. The predicted molar refractivity (Wildman–Crippen MR) is 128 cm³/mol. The van der Waals surface area contributed by atoms with Crippen LogP contribution in [0, 0.1) is 11.8 Å². The van der Waals surface area contributed by atoms with Gasteiger partial charge in [-0.05, 0) is 36.5 Å². The lowest BCUT2D eigenvalue weighted by Gasteiger charge is -2.16. The summed E-state index contributed by atoms with van der Waals surface area (Å²) in [5, 5.41) is 11.1. The molecule has 0 aliphatic carbocycles. The maximum absolute atomic E-state index is 5.82. The Morgan fingerprint density at radius 2 is 2.06 bits per heavy atom. The standard InChI is InChI=1S/C24H37N5O3/c1-19(2)18-30-12-5-9-25-24(26-16-20(3)17-29-11-4-10-27-29)28-21-7-8-22-23(15-21)32-14-6-13-31-22/h4,7-8,10-11,15,19-20H,5-6,9,12-14,16-18H2,1-3H3,(H2,25,26,28). The molecule has 32 heavy (non-hydrogen) atoms. The number of rotatable bonds is 11. The van der Waals surface area contributed by atoms with Crippen LogP contribution in [0.3, 0.4) is 0 Å². The van der Waals surface area contributed by atoms with Crippen LogP contribution in [-0.2, 0) is 11.3 Å². The molecule has 3 rings (SSSR count). The maximum atomic E-state index is 5.82. The molecule has 1 atom stereocenters. The first-order chi connectivity index (χ1) is 15.6. The van der Waals surface area contributed by atoms with Crippen LogP contribution in [-0.4, -0.2) is 55.3 Å². The van der Waals surface area contributed by atoms with E-state index in [1.807, 2.05) is 35.1 Å². The minimum Gasteiger partial charge on any atom is -0.490 e. The summed E-state index contributed by atoms with van der Waals surface area (Å²) >= 11 is 0. The molecule has 1 unspecified atom stereocenters. The van der Waals surface area contributed by atoms with Crippen molar-refractivity contribution in [3.05, 3.63) is 36.7 Å². The topological polar surface area (TPSA) is 81.9 Å². The van der Waals surface area contributed by atoms with Crippen LogP contribution in [0.5, 0.6) is 11.5 Å². The monoisotopic (exact) mass is 443 g/mol. The van der Waals surface area contributed by atoms with Crippen molar-refractivity contribution in [2.75, 3.05) is 44.8 Å². The molecule has 0 amide bonds. The average Bonchev–Trinajstić information content (AvgIpc) is 3.16. The van der Waals surface area contributed by atoms with Gasteiger partial charge in [-0.15, -0.1) is 0 Å². The van der Waals surface area contributed by atoms with E-state index < -0.39 is 0 Å². The lowest BCUT2D eigenvalue weighted by molar-refractivity contribution is 0.108. The molecule has 0 bridgehead atoms. The highest BCUT2D eigenvalue weighted by atomic mass is 16.5. The Kier molecular flexibility index (Phi) is 9.68. The molecule has 1 aliphatic heterocycles. The molecule has 2 N–H and O–H groups in total. The third-order valence-corrected chi connectivity index (χ3v) is 4.84. The minimum atomic E-state index is 0.353. The molecule has 0 saturated carbocycles. The number of fused-ring (bicyclic) bond motifs is 1. The molecule has 176 valence electrons. The number of nitrogens with one attached hydrogen (secondary N) is 2. The van der Waals surface area contributed by atoms with Crippen LogP contribution < -0.4 is 20.1 Å². The van der Waals surface area contributed by atoms with E-state index >= 15 is 0 Å². The summed E-state index contributed by atoms with van der Waals surface area (Å²) in [5.41, 5.74) is 0.913. The van der Waals surface area contributed by atoms with Gasteiger partial charge >= 0.3 is 0 Å². The van der Waals surface area contributed by atoms with E-state index in [1.165, 1.54) is 0 Å². The van der Waals surface area contributed by atoms with Gasteiger partial charge in [-0.25, -0.2) is 0 Å². The van der Waals surface area contributed by atoms with Gasteiger partial charge in [0.2, 0.25) is 0 Å². The van der Waals surface area contributed by atoms with Crippen LogP contribution in [0.25, 0.3) is 0 Å². The number of aliphatic imine (C=N–C) groups is 1. The minimum absolute atomic E-state index is 0.353. The molecule has 1 aromatic carbocycles. The molecule has 0 radical (unpaired) electrons. The molecule has 2 aromatic rings. The lowest BCUT2D eigenvalue weighted by atomic mass is 10.2. The second-order valence-electron chi connectivity index (χ2n) is 8.61. The summed E-state index contributed by atoms with van der Waals surface area (Å²) in [7, 11) is 0. The number of ether oxygens (including phenoxy) is 3. The molecular formula is C24H37N5O3. The molecule has 0 saturated heterocycles. The van der Waals surface area contributed by atoms with Gasteiger partial charge < -0.3 is 24.8 Å². The predicted octanol–water partition coefficient (Wildman–Crippen LogP) is 3.80. The second-order valence-corrected chi connectivity index (χ2v) is 8.61. The van der Waals surface area contributed by atoms with Gasteiger partial charge in [-0.1, -0.05) is 20.8 Å². The van der Waals surface area contributed by atoms with Crippen LogP contribution in [0.4, 0.5) is 5.69 Å². The first-order valence-electron chi connectivity index (χ1n) is 11.6. The van der Waals surface area contributed by atoms with E-state index in [0.29, 0.717) is 31.6 Å². The van der Waals surface area contributed by atoms with Crippen molar-refractivity contribution in [2.45, 2.75) is 40.2 Å². The normalized spacial score (nSPS) is 14.8. The average molecular weight is 444 g/mol. The Balaban J connectivity index is 1.58. The summed E-state index contributed by atoms with van der Waals surface area (Å²) in [6.07, 6.45) is 5.58. The third-order valence-electron chi connectivity index (χ3n) is 4.84. The fraction of sp³-hybridized carbons (Fsp3) is 0.583. The van der Waals surface area contributed by atoms with Gasteiger partial charge in [-0.3, -0.25) is 9.67 Å². The van der Waals surface area contributed by atoms with E-state index in [-0.39, 0.29) is 0 Å². The van der Waals surface area contributed by atoms with Gasteiger partial charge in [0, 0.05) is 63.4 Å². The molecule has 8 heteroatoms. The number of nitrogens with zero attached hydrogens (tertiary/aromatic N) is 3. The quantitative estimate of drug-likeness (QED) is 0.312. The van der Waals surface area contributed by atoms with Crippen molar-refractivity contribution in [3.63, 3.8) is 0 Å². The van der Waals surface area contributed by atoms with Gasteiger partial charge in [0.25, 0.3) is 0 Å². The van der Waals surface area contributed by atoms with Crippen molar-refractivity contribution < 1.29 is 14.2 Å². The zero-order valence-corrected chi connectivity index (χ0v) is 19.5. The summed E-state index contributed by atoms with van der Waals surface area (Å²) in [4.78, 5) is 4.82. The highest BCUT2D eigenvalue weighted by Gasteiger charge is 2.12. The van der Waals surface area contributed by atoms with Gasteiger partial charge in [-0.2, -0.15) is 5.10 Å². The summed E-state index contributed by atoms with van der Waals surface area (Å²) < 4.78 is 19.2. The fourth-order valence-corrected chi connectivity index (χ4v) is 3.25. The molecule has 2 heterocycles. The van der Waals surface area contributed by atoms with E-state index in [0.717, 1.165) is 62.3 Å². The van der Waals surface area contributed by atoms with Crippen molar-refractivity contribution in [1.82, 2.24) is 15.1 Å². The number of anilines is 1. The van der Waals surface area contributed by atoms with Crippen LogP contribution in [0.2, 0.25) is 0 Å². The van der Waals surface area contributed by atoms with Crippen LogP contribution in [0.1, 0.15) is 33.6 Å². The van der Waals surface area contributed by atoms with Gasteiger partial charge in [0.05, 0.1) is 13.2 Å². The second kappa shape index (κ2) is 13.0. The van der Waals surface area contributed by atoms with Gasteiger partial charge in [0.15, 0.2) is 17.5 Å². The fourth-order valence-electron chi connectivity index (χ4n) is 3.25. The molecule has 1 aromatic heterocycles. The Hall–Kier alpha value is -2.74. The lowest BCUT2D eigenvalue weighted by Crippen LogP contribution is -2.33. The first-order valence-corrected chi connectivity index (χ1v) is 11.6. The zero-order valence-electron chi connectivity index (χ0n) is 19.5. The Morgan fingerprint density at radius 1 is 1.22 bits per heavy atom. The van der Waals surface area contributed by atoms with Crippen molar-refractivity contribution in [2.24, 2.45) is 16.8 Å². The molecule has 1 aliphatic rings. The largest absolute Gasteiger partial charge is 0.490 e. The smallest absolute Gasteiger partial charge is 0.195 e. The number of hydrogen-bond donors (Lipinski definition) is 2. The van der Waals surface area contributed by atoms with Gasteiger partial charge in [0.1, 0.15) is 0 Å². The van der Waals surface area contributed by atoms with Crippen LogP contribution in [0.15, 0.2) is 41.7 Å². The highest BCUT2D eigenvalue weighted by Crippen LogP contribution is 2.32. The number of guanidine groups is 1. The Morgan fingerprint density at radius 3 is 2.84 bits per heavy atom. The Labute approximate surface area is 191 Å². The summed E-state index contributed by atoms with van der Waals surface area (Å²) in [5.74, 6) is 3.20. The van der Waals surface area contributed by atoms with Crippen molar-refractivity contribution in [3.8, 4) is 11.5 Å². The van der Waals surface area contributed by atoms with E-state index in [4.69, 9.17) is 19.2 Å². The highest BCUT2D eigenvalue weighted by molar-refractivity contribution is 5.93. The molecule has 0 fully saturated rings. The SMILES string of the molecule is CC(C)COCCCNC(=NCC(C)Cn1cccn1)Nc1ccc2c(c1)OCCCO2. The zero-order chi connectivity index (χ0) is 22.6. The van der Waals surface area contributed by atoms with Crippen molar-refractivity contribution in [1.29, 1.82) is 0 Å². The van der Waals surface area contributed by atoms with Crippen LogP contribution >= 0.6 is 0 Å². The number of benzene rings is 1. The maximum Gasteiger partial charge on any atom is 0.195 e. The van der Waals surface area contributed by atoms with E-state index in [9.17, 15) is 0 Å². The molecule has 8 nitrogen and oxygen atoms in total. The third kappa shape index (κ3) is 8.42. The summed E-state index contributed by atoms with van der Waals surface area (Å²) in [6, 6.07) is 7.84. The van der Waals surface area contributed by atoms with E-state index in [2.05, 4.69) is 36.5 Å². The first kappa shape index (κ1) is 23.9. The number of hydrogen-bond acceptors (Lipinski definition) is 5.